The number of rotatable bonds is 3. The highest BCUT2D eigenvalue weighted by Gasteiger charge is 2.54. The summed E-state index contributed by atoms with van der Waals surface area (Å²) in [7, 11) is 1.67. The van der Waals surface area contributed by atoms with Gasteiger partial charge in [0.15, 0.2) is 0 Å². The topological polar surface area (TPSA) is 65.4 Å². The first-order valence-electron chi connectivity index (χ1n) is 10.2. The van der Waals surface area contributed by atoms with E-state index >= 15 is 0 Å². The second-order valence-corrected chi connectivity index (χ2v) is 8.38. The molecule has 1 aromatic rings. The third-order valence-electron chi connectivity index (χ3n) is 7.25. The molecule has 1 spiro atoms. The van der Waals surface area contributed by atoms with Crippen molar-refractivity contribution in [1.82, 2.24) is 10.2 Å². The van der Waals surface area contributed by atoms with Crippen LogP contribution in [-0.2, 0) is 4.79 Å². The minimum absolute atomic E-state index is 0.192. The van der Waals surface area contributed by atoms with Gasteiger partial charge in [0.05, 0.1) is 18.6 Å². The second kappa shape index (κ2) is 7.16. The van der Waals surface area contributed by atoms with Gasteiger partial charge >= 0.3 is 0 Å². The average molecular weight is 367 g/mol. The Hall–Kier alpha value is -2.06. The van der Waals surface area contributed by atoms with E-state index in [0.717, 1.165) is 57.4 Å². The Balaban J connectivity index is 1.54. The number of likely N-dealkylation sites (tertiary alicyclic amines) is 1. The van der Waals surface area contributed by atoms with Gasteiger partial charge in [-0.2, -0.15) is 5.26 Å². The maximum absolute atomic E-state index is 12.9. The van der Waals surface area contributed by atoms with Crippen molar-refractivity contribution in [2.75, 3.05) is 26.7 Å². The van der Waals surface area contributed by atoms with Crippen molar-refractivity contribution in [3.8, 4) is 11.8 Å². The molecular weight excluding hydrogens is 338 g/mol. The van der Waals surface area contributed by atoms with Gasteiger partial charge in [0.2, 0.25) is 5.91 Å². The Morgan fingerprint density at radius 2 is 1.78 bits per heavy atom. The summed E-state index contributed by atoms with van der Waals surface area (Å²) in [6.07, 6.45) is 7.14. The lowest BCUT2D eigenvalue weighted by Crippen LogP contribution is -2.55. The summed E-state index contributed by atoms with van der Waals surface area (Å²) >= 11 is 0. The highest BCUT2D eigenvalue weighted by molar-refractivity contribution is 5.86. The van der Waals surface area contributed by atoms with Crippen molar-refractivity contribution in [1.29, 1.82) is 5.26 Å². The molecule has 3 aliphatic rings. The first-order valence-corrected chi connectivity index (χ1v) is 10.2. The predicted molar refractivity (Wildman–Crippen MR) is 103 cm³/mol. The smallest absolute Gasteiger partial charge is 0.227 e. The minimum Gasteiger partial charge on any atom is -0.497 e. The zero-order valence-corrected chi connectivity index (χ0v) is 16.2. The number of hydrogen-bond acceptors (Lipinski definition) is 4. The molecule has 0 radical (unpaired) electrons. The van der Waals surface area contributed by atoms with E-state index in [4.69, 9.17) is 4.74 Å². The van der Waals surface area contributed by atoms with Crippen LogP contribution in [0.25, 0.3) is 0 Å². The van der Waals surface area contributed by atoms with Crippen LogP contribution in [0.2, 0.25) is 0 Å². The maximum atomic E-state index is 12.9. The molecule has 5 heteroatoms. The van der Waals surface area contributed by atoms with Gasteiger partial charge in [0, 0.05) is 25.6 Å². The second-order valence-electron chi connectivity index (χ2n) is 8.38. The molecule has 1 N–H and O–H groups in total. The minimum atomic E-state index is -0.337. The first-order chi connectivity index (χ1) is 13.1. The zero-order chi connectivity index (χ0) is 18.9. The number of amides is 1. The van der Waals surface area contributed by atoms with E-state index in [-0.39, 0.29) is 22.8 Å². The number of piperidine rings is 1. The van der Waals surface area contributed by atoms with Crippen LogP contribution in [0.3, 0.4) is 0 Å². The lowest BCUT2D eigenvalue weighted by atomic mass is 9.67. The molecule has 0 bridgehead atoms. The summed E-state index contributed by atoms with van der Waals surface area (Å²) in [6.45, 7) is 2.38. The summed E-state index contributed by atoms with van der Waals surface area (Å²) < 4.78 is 5.27. The molecule has 2 saturated heterocycles. The summed E-state index contributed by atoms with van der Waals surface area (Å²) in [6, 6.07) is 10.8. The van der Waals surface area contributed by atoms with Gasteiger partial charge in [0.25, 0.3) is 0 Å². The van der Waals surface area contributed by atoms with Gasteiger partial charge in [-0.05, 0) is 43.4 Å². The fourth-order valence-corrected chi connectivity index (χ4v) is 5.54. The zero-order valence-electron chi connectivity index (χ0n) is 16.2. The molecule has 4 rings (SSSR count). The van der Waals surface area contributed by atoms with Crippen LogP contribution in [0, 0.1) is 16.7 Å². The number of nitriles is 1. The number of carbonyl (C=O) groups excluding carboxylic acids is 1. The number of hydrogen-bond donors (Lipinski definition) is 1. The van der Waals surface area contributed by atoms with Gasteiger partial charge in [-0.1, -0.05) is 31.4 Å². The molecule has 5 nitrogen and oxygen atoms in total. The largest absolute Gasteiger partial charge is 0.497 e. The third-order valence-corrected chi connectivity index (χ3v) is 7.25. The van der Waals surface area contributed by atoms with Crippen LogP contribution in [0.4, 0.5) is 0 Å². The van der Waals surface area contributed by atoms with E-state index in [9.17, 15) is 10.1 Å². The van der Waals surface area contributed by atoms with Crippen molar-refractivity contribution in [3.63, 3.8) is 0 Å². The molecule has 1 unspecified atom stereocenters. The molecule has 1 atom stereocenters. The maximum Gasteiger partial charge on any atom is 0.227 e. The standard InChI is InChI=1S/C22H29N3O2/c1-27-18-7-5-17(6-8-18)19-15-24-20(26)22(19)11-13-25(14-12-22)21(16-23)9-3-2-4-10-21/h5-8,19H,2-4,9-15H2,1H3,(H,24,26). The fraction of sp³-hybridized carbons (Fsp3) is 0.636. The number of nitrogens with zero attached hydrogens (tertiary/aromatic N) is 2. The van der Waals surface area contributed by atoms with E-state index in [2.05, 4.69) is 28.4 Å². The normalized spacial score (nSPS) is 27.1. The van der Waals surface area contributed by atoms with Crippen molar-refractivity contribution in [2.45, 2.75) is 56.4 Å². The van der Waals surface area contributed by atoms with Crippen LogP contribution >= 0.6 is 0 Å². The Bertz CT molecular complexity index is 723. The molecule has 144 valence electrons. The molecule has 1 amide bonds. The van der Waals surface area contributed by atoms with Crippen molar-refractivity contribution >= 4 is 5.91 Å². The lowest BCUT2D eigenvalue weighted by molar-refractivity contribution is -0.131. The molecule has 2 heterocycles. The van der Waals surface area contributed by atoms with E-state index in [1.165, 1.54) is 12.0 Å². The number of benzene rings is 1. The van der Waals surface area contributed by atoms with Crippen LogP contribution in [-0.4, -0.2) is 43.1 Å². The summed E-state index contributed by atoms with van der Waals surface area (Å²) in [4.78, 5) is 15.3. The van der Waals surface area contributed by atoms with Gasteiger partial charge in [0.1, 0.15) is 11.3 Å². The summed E-state index contributed by atoms with van der Waals surface area (Å²) in [5, 5.41) is 13.0. The lowest BCUT2D eigenvalue weighted by Gasteiger charge is -2.48. The Kier molecular flexibility index (Phi) is 4.86. The van der Waals surface area contributed by atoms with Gasteiger partial charge < -0.3 is 10.1 Å². The van der Waals surface area contributed by atoms with Gasteiger partial charge in [-0.15, -0.1) is 0 Å². The predicted octanol–water partition coefficient (Wildman–Crippen LogP) is 3.22. The summed E-state index contributed by atoms with van der Waals surface area (Å²) in [5.41, 5.74) is 0.566. The van der Waals surface area contributed by atoms with E-state index < -0.39 is 0 Å². The SMILES string of the molecule is COc1ccc(C2CNC(=O)C23CCN(C2(C#N)CCCCC2)CC3)cc1. The Morgan fingerprint density at radius 3 is 2.37 bits per heavy atom. The van der Waals surface area contributed by atoms with Crippen molar-refractivity contribution in [3.05, 3.63) is 29.8 Å². The Morgan fingerprint density at radius 1 is 1.11 bits per heavy atom. The fourth-order valence-electron chi connectivity index (χ4n) is 5.54. The summed E-state index contributed by atoms with van der Waals surface area (Å²) in [5.74, 6) is 1.23. The number of carbonyl (C=O) groups is 1. The molecule has 0 aromatic heterocycles. The third kappa shape index (κ3) is 3.00. The van der Waals surface area contributed by atoms with Crippen LogP contribution in [0.15, 0.2) is 24.3 Å². The average Bonchev–Trinajstić information content (AvgIpc) is 3.04. The molecular formula is C22H29N3O2. The molecule has 2 aliphatic heterocycles. The number of methoxy groups -OCH3 is 1. The monoisotopic (exact) mass is 367 g/mol. The highest BCUT2D eigenvalue weighted by Crippen LogP contribution is 2.49. The van der Waals surface area contributed by atoms with Crippen LogP contribution < -0.4 is 10.1 Å². The molecule has 1 saturated carbocycles. The van der Waals surface area contributed by atoms with Crippen molar-refractivity contribution < 1.29 is 9.53 Å². The molecule has 3 fully saturated rings. The van der Waals surface area contributed by atoms with Crippen LogP contribution in [0.1, 0.15) is 56.4 Å². The van der Waals surface area contributed by atoms with E-state index in [0.29, 0.717) is 6.54 Å². The van der Waals surface area contributed by atoms with Gasteiger partial charge in [-0.3, -0.25) is 9.69 Å². The molecule has 27 heavy (non-hydrogen) atoms. The van der Waals surface area contributed by atoms with E-state index in [1.807, 2.05) is 12.1 Å². The van der Waals surface area contributed by atoms with Crippen LogP contribution in [0.5, 0.6) is 5.75 Å². The molecule has 1 aliphatic carbocycles. The Labute approximate surface area is 161 Å². The first kappa shape index (κ1) is 18.3. The van der Waals surface area contributed by atoms with Crippen molar-refractivity contribution in [2.24, 2.45) is 5.41 Å². The highest BCUT2D eigenvalue weighted by atomic mass is 16.5. The van der Waals surface area contributed by atoms with Gasteiger partial charge in [-0.25, -0.2) is 0 Å². The quantitative estimate of drug-likeness (QED) is 0.891. The van der Waals surface area contributed by atoms with E-state index in [1.54, 1.807) is 7.11 Å². The molecule has 1 aromatic carbocycles. The number of ether oxygens (including phenoxy) is 1. The number of nitrogens with one attached hydrogen (secondary N) is 1.